The summed E-state index contributed by atoms with van der Waals surface area (Å²) in [5.41, 5.74) is -1.92. The molecule has 0 radical (unpaired) electrons. The summed E-state index contributed by atoms with van der Waals surface area (Å²) in [5, 5.41) is 22.1. The summed E-state index contributed by atoms with van der Waals surface area (Å²) in [7, 11) is 0. The summed E-state index contributed by atoms with van der Waals surface area (Å²) in [6, 6.07) is 1.15. The zero-order valence-electron chi connectivity index (χ0n) is 11.7. The minimum atomic E-state index is -1.28. The molecule has 0 aliphatic heterocycles. The summed E-state index contributed by atoms with van der Waals surface area (Å²) in [6.45, 7) is 4.77. The SMILES string of the molecule is CC(C)(C)[C@@H](NC(=O)c1cc(F)ccc1[N+](=O)[O-])C(=O)O. The van der Waals surface area contributed by atoms with Gasteiger partial charge in [-0.3, -0.25) is 14.9 Å². The van der Waals surface area contributed by atoms with Crippen LogP contribution in [-0.2, 0) is 4.79 Å². The van der Waals surface area contributed by atoms with E-state index in [1.54, 1.807) is 20.8 Å². The largest absolute Gasteiger partial charge is 0.480 e. The molecule has 21 heavy (non-hydrogen) atoms. The molecule has 0 bridgehead atoms. The molecule has 0 spiro atoms. The van der Waals surface area contributed by atoms with Crippen LogP contribution >= 0.6 is 0 Å². The van der Waals surface area contributed by atoms with Gasteiger partial charge in [-0.15, -0.1) is 0 Å². The number of nitrogens with one attached hydrogen (secondary N) is 1. The number of carboxylic acids is 1. The molecule has 2 N–H and O–H groups in total. The minimum absolute atomic E-state index is 0.518. The maximum atomic E-state index is 13.2. The van der Waals surface area contributed by atoms with Crippen LogP contribution in [0.25, 0.3) is 0 Å². The van der Waals surface area contributed by atoms with E-state index in [0.29, 0.717) is 6.07 Å². The first-order chi connectivity index (χ1) is 9.54. The highest BCUT2D eigenvalue weighted by Crippen LogP contribution is 2.23. The third-order valence-corrected chi connectivity index (χ3v) is 2.79. The molecule has 0 unspecified atom stereocenters. The molecule has 8 heteroatoms. The molecular weight excluding hydrogens is 283 g/mol. The Balaban J connectivity index is 3.17. The number of amides is 1. The van der Waals surface area contributed by atoms with E-state index in [2.05, 4.69) is 5.32 Å². The van der Waals surface area contributed by atoms with Gasteiger partial charge < -0.3 is 10.4 Å². The fourth-order valence-corrected chi connectivity index (χ4v) is 1.71. The number of nitrogens with zero attached hydrogens (tertiary/aromatic N) is 1. The lowest BCUT2D eigenvalue weighted by atomic mass is 9.86. The second-order valence-corrected chi connectivity index (χ2v) is 5.53. The number of carbonyl (C=O) groups excluding carboxylic acids is 1. The number of hydrogen-bond acceptors (Lipinski definition) is 4. The minimum Gasteiger partial charge on any atom is -0.480 e. The molecule has 114 valence electrons. The second-order valence-electron chi connectivity index (χ2n) is 5.53. The monoisotopic (exact) mass is 298 g/mol. The zero-order valence-corrected chi connectivity index (χ0v) is 11.7. The van der Waals surface area contributed by atoms with Crippen molar-refractivity contribution in [1.82, 2.24) is 5.32 Å². The lowest BCUT2D eigenvalue weighted by Crippen LogP contribution is -2.49. The van der Waals surface area contributed by atoms with Crippen LogP contribution in [0.2, 0.25) is 0 Å². The van der Waals surface area contributed by atoms with E-state index in [-0.39, 0.29) is 0 Å². The van der Waals surface area contributed by atoms with E-state index in [9.17, 15) is 24.1 Å². The van der Waals surface area contributed by atoms with Gasteiger partial charge in [-0.1, -0.05) is 20.8 Å². The van der Waals surface area contributed by atoms with Crippen LogP contribution in [0.5, 0.6) is 0 Å². The van der Waals surface area contributed by atoms with Crippen molar-refractivity contribution in [3.8, 4) is 0 Å². The quantitative estimate of drug-likeness (QED) is 0.652. The fourth-order valence-electron chi connectivity index (χ4n) is 1.71. The van der Waals surface area contributed by atoms with E-state index in [0.717, 1.165) is 12.1 Å². The zero-order chi connectivity index (χ0) is 16.4. The molecule has 0 aromatic heterocycles. The molecule has 1 aromatic rings. The van der Waals surface area contributed by atoms with Crippen molar-refractivity contribution >= 4 is 17.6 Å². The topological polar surface area (TPSA) is 110 Å². The van der Waals surface area contributed by atoms with Gasteiger partial charge >= 0.3 is 5.97 Å². The molecule has 0 aliphatic carbocycles. The Bertz CT molecular complexity index is 595. The lowest BCUT2D eigenvalue weighted by molar-refractivity contribution is -0.385. The summed E-state index contributed by atoms with van der Waals surface area (Å²) >= 11 is 0. The predicted octanol–water partition coefficient (Wildman–Crippen LogP) is 1.96. The number of aliphatic carboxylic acids is 1. The van der Waals surface area contributed by atoms with Gasteiger partial charge in [-0.2, -0.15) is 0 Å². The number of nitro benzene ring substituents is 1. The third-order valence-electron chi connectivity index (χ3n) is 2.79. The van der Waals surface area contributed by atoms with Gasteiger partial charge in [0, 0.05) is 6.07 Å². The van der Waals surface area contributed by atoms with Crippen LogP contribution in [0, 0.1) is 21.3 Å². The molecule has 1 amide bonds. The van der Waals surface area contributed by atoms with Crippen LogP contribution in [0.15, 0.2) is 18.2 Å². The molecular formula is C13H15FN2O5. The maximum absolute atomic E-state index is 13.2. The van der Waals surface area contributed by atoms with Crippen molar-refractivity contribution in [2.75, 3.05) is 0 Å². The summed E-state index contributed by atoms with van der Waals surface area (Å²) in [6.07, 6.45) is 0. The molecule has 0 saturated carbocycles. The fraction of sp³-hybridized carbons (Fsp3) is 0.385. The number of benzene rings is 1. The van der Waals surface area contributed by atoms with Crippen molar-refractivity contribution in [2.24, 2.45) is 5.41 Å². The van der Waals surface area contributed by atoms with Crippen molar-refractivity contribution < 1.29 is 24.0 Å². The van der Waals surface area contributed by atoms with E-state index in [4.69, 9.17) is 5.11 Å². The lowest BCUT2D eigenvalue weighted by Gasteiger charge is -2.27. The highest BCUT2D eigenvalue weighted by Gasteiger charge is 2.34. The van der Waals surface area contributed by atoms with Gasteiger partial charge in [0.2, 0.25) is 0 Å². The summed E-state index contributed by atoms with van der Waals surface area (Å²) in [4.78, 5) is 33.2. The molecule has 1 rings (SSSR count). The highest BCUT2D eigenvalue weighted by atomic mass is 19.1. The Labute approximate surface area is 119 Å². The number of halogens is 1. The van der Waals surface area contributed by atoms with Crippen LogP contribution in [0.4, 0.5) is 10.1 Å². The Kier molecular flexibility index (Phi) is 4.62. The van der Waals surface area contributed by atoms with Crippen molar-refractivity contribution in [3.63, 3.8) is 0 Å². The summed E-state index contributed by atoms with van der Waals surface area (Å²) in [5.74, 6) is -3.12. The van der Waals surface area contributed by atoms with Gasteiger partial charge in [-0.25, -0.2) is 9.18 Å². The van der Waals surface area contributed by atoms with Crippen molar-refractivity contribution in [3.05, 3.63) is 39.7 Å². The van der Waals surface area contributed by atoms with E-state index in [1.807, 2.05) is 0 Å². The Morgan fingerprint density at radius 2 is 1.95 bits per heavy atom. The first-order valence-corrected chi connectivity index (χ1v) is 6.01. The molecule has 0 saturated heterocycles. The van der Waals surface area contributed by atoms with Gasteiger partial charge in [0.05, 0.1) is 4.92 Å². The molecule has 0 aliphatic rings. The first kappa shape index (κ1) is 16.5. The van der Waals surface area contributed by atoms with Crippen LogP contribution < -0.4 is 5.32 Å². The number of nitro groups is 1. The number of rotatable bonds is 4. The van der Waals surface area contributed by atoms with Crippen molar-refractivity contribution in [2.45, 2.75) is 26.8 Å². The van der Waals surface area contributed by atoms with Crippen LogP contribution in [0.1, 0.15) is 31.1 Å². The highest BCUT2D eigenvalue weighted by molar-refractivity contribution is 6.00. The predicted molar refractivity (Wildman–Crippen MR) is 71.4 cm³/mol. The normalized spacial score (nSPS) is 12.6. The smallest absolute Gasteiger partial charge is 0.326 e. The number of carboxylic acid groups (broad SMARTS) is 1. The van der Waals surface area contributed by atoms with E-state index < -0.39 is 45.3 Å². The van der Waals surface area contributed by atoms with Gasteiger partial charge in [0.25, 0.3) is 11.6 Å². The van der Waals surface area contributed by atoms with Gasteiger partial charge in [0.15, 0.2) is 0 Å². The molecule has 1 atom stereocenters. The average Bonchev–Trinajstić information content (AvgIpc) is 2.33. The molecule has 0 heterocycles. The second kappa shape index (κ2) is 5.86. The first-order valence-electron chi connectivity index (χ1n) is 6.01. The van der Waals surface area contributed by atoms with Gasteiger partial charge in [0.1, 0.15) is 17.4 Å². The average molecular weight is 298 g/mol. The Morgan fingerprint density at radius 1 is 1.38 bits per heavy atom. The van der Waals surface area contributed by atoms with E-state index in [1.165, 1.54) is 0 Å². The molecule has 0 fully saturated rings. The third kappa shape index (κ3) is 3.98. The van der Waals surface area contributed by atoms with Crippen LogP contribution in [-0.4, -0.2) is 27.9 Å². The number of carbonyl (C=O) groups is 2. The van der Waals surface area contributed by atoms with Crippen LogP contribution in [0.3, 0.4) is 0 Å². The standard InChI is InChI=1S/C13H15FN2O5/c1-13(2,3)10(12(18)19)15-11(17)8-6-7(14)4-5-9(8)16(20)21/h4-6,10H,1-3H3,(H,15,17)(H,18,19)/t10-/m0/s1. The van der Waals surface area contributed by atoms with Crippen molar-refractivity contribution in [1.29, 1.82) is 0 Å². The van der Waals surface area contributed by atoms with E-state index >= 15 is 0 Å². The molecule has 1 aromatic carbocycles. The molecule has 7 nitrogen and oxygen atoms in total. The van der Waals surface area contributed by atoms with Gasteiger partial charge in [-0.05, 0) is 17.5 Å². The Morgan fingerprint density at radius 3 is 2.38 bits per heavy atom. The number of hydrogen-bond donors (Lipinski definition) is 2. The maximum Gasteiger partial charge on any atom is 0.326 e. The summed E-state index contributed by atoms with van der Waals surface area (Å²) < 4.78 is 13.2. The Hall–Kier alpha value is -2.51.